The molecule has 22 heavy (non-hydrogen) atoms. The van der Waals surface area contributed by atoms with Gasteiger partial charge in [0, 0.05) is 17.2 Å². The molecule has 1 heterocycles. The van der Waals surface area contributed by atoms with Crippen LogP contribution in [0, 0.1) is 6.92 Å². The Bertz CT molecular complexity index is 654. The van der Waals surface area contributed by atoms with Crippen LogP contribution in [0.2, 0.25) is 0 Å². The summed E-state index contributed by atoms with van der Waals surface area (Å²) in [6, 6.07) is 8.19. The number of aromatic nitrogens is 3. The highest BCUT2D eigenvalue weighted by molar-refractivity contribution is 7.99. The molecule has 2 N–H and O–H groups in total. The summed E-state index contributed by atoms with van der Waals surface area (Å²) in [5, 5.41) is 18.5. The number of nitrogens with one attached hydrogen (secondary N) is 1. The Kier molecular flexibility index (Phi) is 5.54. The topological polar surface area (TPSA) is 97.1 Å². The molecule has 0 unspecified atom stereocenters. The summed E-state index contributed by atoms with van der Waals surface area (Å²) in [6.07, 6.45) is 1.23. The first-order chi connectivity index (χ1) is 10.5. The van der Waals surface area contributed by atoms with Crippen LogP contribution in [0.1, 0.15) is 16.1 Å². The summed E-state index contributed by atoms with van der Waals surface area (Å²) >= 11 is 1.66. The summed E-state index contributed by atoms with van der Waals surface area (Å²) in [5.74, 6) is -0.639. The van der Waals surface area contributed by atoms with E-state index in [9.17, 15) is 9.59 Å². The van der Waals surface area contributed by atoms with Crippen LogP contribution < -0.4 is 5.32 Å². The molecule has 0 spiro atoms. The molecule has 0 fully saturated rings. The molecule has 0 aliphatic carbocycles. The molecule has 7 nitrogen and oxygen atoms in total. The molecule has 0 radical (unpaired) electrons. The van der Waals surface area contributed by atoms with E-state index in [1.807, 2.05) is 31.2 Å². The molecule has 2 aromatic rings. The van der Waals surface area contributed by atoms with Crippen molar-refractivity contribution in [3.8, 4) is 0 Å². The lowest BCUT2D eigenvalue weighted by molar-refractivity contribution is -0.121. The van der Waals surface area contributed by atoms with Crippen LogP contribution in [-0.4, -0.2) is 44.3 Å². The van der Waals surface area contributed by atoms with Crippen molar-refractivity contribution in [3.05, 3.63) is 41.7 Å². The first-order valence-corrected chi connectivity index (χ1v) is 7.63. The predicted molar refractivity (Wildman–Crippen MR) is 81.9 cm³/mol. The lowest BCUT2D eigenvalue weighted by Gasteiger charge is -2.05. The summed E-state index contributed by atoms with van der Waals surface area (Å²) < 4.78 is 1.20. The van der Waals surface area contributed by atoms with Crippen LogP contribution in [-0.2, 0) is 11.3 Å². The summed E-state index contributed by atoms with van der Waals surface area (Å²) in [6.45, 7) is 2.52. The first-order valence-electron chi connectivity index (χ1n) is 6.64. The molecular formula is C14H16N4O3S. The zero-order valence-electron chi connectivity index (χ0n) is 12.0. The molecule has 0 aliphatic rings. The second kappa shape index (κ2) is 7.60. The van der Waals surface area contributed by atoms with Crippen LogP contribution in [0.5, 0.6) is 0 Å². The number of carbonyl (C=O) groups is 2. The Balaban J connectivity index is 1.69. The molecule has 0 saturated carbocycles. The Labute approximate surface area is 131 Å². The molecule has 1 aromatic heterocycles. The van der Waals surface area contributed by atoms with E-state index in [4.69, 9.17) is 5.11 Å². The van der Waals surface area contributed by atoms with Gasteiger partial charge < -0.3 is 10.4 Å². The van der Waals surface area contributed by atoms with Gasteiger partial charge >= 0.3 is 5.97 Å². The summed E-state index contributed by atoms with van der Waals surface area (Å²) in [5.41, 5.74) is 1.04. The number of carbonyl (C=O) groups excluding carboxylic acids is 1. The molecule has 8 heteroatoms. The molecule has 116 valence electrons. The number of amides is 1. The number of hydrogen-bond acceptors (Lipinski definition) is 5. The van der Waals surface area contributed by atoms with Crippen molar-refractivity contribution in [1.29, 1.82) is 0 Å². The molecule has 0 saturated heterocycles. The standard InChI is InChI=1S/C14H16N4O3S/c1-10-2-4-11(5-3-10)22-7-6-15-13(19)9-18-8-12(14(20)21)16-17-18/h2-5,8H,6-7,9H2,1H3,(H,15,19)(H,20,21). The van der Waals surface area contributed by atoms with Crippen LogP contribution in [0.4, 0.5) is 0 Å². The van der Waals surface area contributed by atoms with Gasteiger partial charge in [-0.3, -0.25) is 4.79 Å². The average Bonchev–Trinajstić information content (AvgIpc) is 2.94. The van der Waals surface area contributed by atoms with Crippen LogP contribution in [0.3, 0.4) is 0 Å². The minimum Gasteiger partial charge on any atom is -0.476 e. The predicted octanol–water partition coefficient (Wildman–Crippen LogP) is 1.19. The minimum absolute atomic E-state index is 0.0462. The van der Waals surface area contributed by atoms with Crippen molar-refractivity contribution in [2.24, 2.45) is 0 Å². The molecule has 0 aliphatic heterocycles. The third-order valence-electron chi connectivity index (χ3n) is 2.78. The quantitative estimate of drug-likeness (QED) is 0.587. The molecule has 0 atom stereocenters. The molecule has 1 aromatic carbocycles. The number of nitrogens with zero attached hydrogens (tertiary/aromatic N) is 3. The van der Waals surface area contributed by atoms with E-state index in [0.29, 0.717) is 6.54 Å². The molecule has 2 rings (SSSR count). The summed E-state index contributed by atoms with van der Waals surface area (Å²) in [4.78, 5) is 23.5. The third-order valence-corrected chi connectivity index (χ3v) is 3.79. The number of rotatable bonds is 7. The Hall–Kier alpha value is -2.35. The first kappa shape index (κ1) is 16.0. The van der Waals surface area contributed by atoms with E-state index in [2.05, 4.69) is 15.6 Å². The van der Waals surface area contributed by atoms with Gasteiger partial charge in [-0.2, -0.15) is 0 Å². The summed E-state index contributed by atoms with van der Waals surface area (Å²) in [7, 11) is 0. The molecular weight excluding hydrogens is 304 g/mol. The Morgan fingerprint density at radius 1 is 1.32 bits per heavy atom. The van der Waals surface area contributed by atoms with Crippen molar-refractivity contribution in [1.82, 2.24) is 20.3 Å². The van der Waals surface area contributed by atoms with E-state index >= 15 is 0 Å². The van der Waals surface area contributed by atoms with Gasteiger partial charge in [0.05, 0.1) is 6.20 Å². The maximum Gasteiger partial charge on any atom is 0.358 e. The van der Waals surface area contributed by atoms with Crippen LogP contribution in [0.15, 0.2) is 35.4 Å². The van der Waals surface area contributed by atoms with Gasteiger partial charge in [0.2, 0.25) is 5.91 Å². The normalized spacial score (nSPS) is 10.4. The van der Waals surface area contributed by atoms with E-state index in [1.54, 1.807) is 11.8 Å². The van der Waals surface area contributed by atoms with Gasteiger partial charge in [-0.05, 0) is 19.1 Å². The van der Waals surface area contributed by atoms with Crippen LogP contribution in [0.25, 0.3) is 0 Å². The Morgan fingerprint density at radius 2 is 2.05 bits per heavy atom. The number of thioether (sulfide) groups is 1. The Morgan fingerprint density at radius 3 is 2.68 bits per heavy atom. The maximum atomic E-state index is 11.7. The van der Waals surface area contributed by atoms with E-state index in [-0.39, 0.29) is 18.1 Å². The fourth-order valence-corrected chi connectivity index (χ4v) is 2.44. The van der Waals surface area contributed by atoms with Crippen LogP contribution >= 0.6 is 11.8 Å². The van der Waals surface area contributed by atoms with Gasteiger partial charge in [-0.1, -0.05) is 22.9 Å². The van der Waals surface area contributed by atoms with Crippen molar-refractivity contribution >= 4 is 23.6 Å². The average molecular weight is 320 g/mol. The molecule has 0 bridgehead atoms. The van der Waals surface area contributed by atoms with Gasteiger partial charge in [-0.25, -0.2) is 9.48 Å². The number of carboxylic acid groups (broad SMARTS) is 1. The second-order valence-corrected chi connectivity index (χ2v) is 5.79. The largest absolute Gasteiger partial charge is 0.476 e. The zero-order chi connectivity index (χ0) is 15.9. The fraction of sp³-hybridized carbons (Fsp3) is 0.286. The smallest absolute Gasteiger partial charge is 0.358 e. The SMILES string of the molecule is Cc1ccc(SCCNC(=O)Cn2cc(C(=O)O)nn2)cc1. The van der Waals surface area contributed by atoms with Gasteiger partial charge in [0.25, 0.3) is 0 Å². The van der Waals surface area contributed by atoms with Crippen molar-refractivity contribution in [2.75, 3.05) is 12.3 Å². The number of carboxylic acids is 1. The van der Waals surface area contributed by atoms with Gasteiger partial charge in [0.15, 0.2) is 5.69 Å². The number of aryl methyl sites for hydroxylation is 1. The second-order valence-electron chi connectivity index (χ2n) is 4.62. The van der Waals surface area contributed by atoms with Crippen molar-refractivity contribution < 1.29 is 14.7 Å². The van der Waals surface area contributed by atoms with E-state index in [0.717, 1.165) is 10.6 Å². The highest BCUT2D eigenvalue weighted by Gasteiger charge is 2.10. The van der Waals surface area contributed by atoms with Crippen molar-refractivity contribution in [3.63, 3.8) is 0 Å². The minimum atomic E-state index is -1.17. The molecule has 1 amide bonds. The monoisotopic (exact) mass is 320 g/mol. The maximum absolute atomic E-state index is 11.7. The lowest BCUT2D eigenvalue weighted by Crippen LogP contribution is -2.29. The fourth-order valence-electron chi connectivity index (χ4n) is 1.67. The number of aromatic carboxylic acids is 1. The highest BCUT2D eigenvalue weighted by Crippen LogP contribution is 2.17. The van der Waals surface area contributed by atoms with Gasteiger partial charge in [0.1, 0.15) is 6.54 Å². The third kappa shape index (κ3) is 4.88. The highest BCUT2D eigenvalue weighted by atomic mass is 32.2. The number of benzene rings is 1. The zero-order valence-corrected chi connectivity index (χ0v) is 12.8. The van der Waals surface area contributed by atoms with E-state index < -0.39 is 5.97 Å². The van der Waals surface area contributed by atoms with Gasteiger partial charge in [-0.15, -0.1) is 16.9 Å². The number of hydrogen-bond donors (Lipinski definition) is 2. The van der Waals surface area contributed by atoms with E-state index in [1.165, 1.54) is 16.4 Å². The van der Waals surface area contributed by atoms with Crippen molar-refractivity contribution in [2.45, 2.75) is 18.4 Å². The lowest BCUT2D eigenvalue weighted by atomic mass is 10.2.